The molecule has 1 fully saturated rings. The van der Waals surface area contributed by atoms with Gasteiger partial charge in [-0.05, 0) is 12.0 Å². The van der Waals surface area contributed by atoms with Gasteiger partial charge in [0.05, 0.1) is 19.3 Å². The Bertz CT molecular complexity index is 839. The molecule has 1 saturated heterocycles. The predicted octanol–water partition coefficient (Wildman–Crippen LogP) is 5.35. The molecule has 0 radical (unpaired) electrons. The van der Waals surface area contributed by atoms with Crippen LogP contribution in [0.1, 0.15) is 29.5 Å². The molecule has 3 nitrogen and oxygen atoms in total. The van der Waals surface area contributed by atoms with Gasteiger partial charge in [-0.3, -0.25) is 4.99 Å². The molecule has 0 spiro atoms. The molecular weight excluding hydrogens is 346 g/mol. The minimum atomic E-state index is -0.862. The summed E-state index contributed by atoms with van der Waals surface area (Å²) in [5, 5.41) is 0. The van der Waals surface area contributed by atoms with Crippen molar-refractivity contribution in [2.75, 3.05) is 6.61 Å². The van der Waals surface area contributed by atoms with Gasteiger partial charge in [-0.2, -0.15) is 0 Å². The molecule has 0 amide bonds. The standard InChI is InChI=1S/C25H25NO2/c1-4-10-21(11-5-1)20-26-18-16-24-17-19-27-25(28-24,22-12-6-2-7-13-22)23-14-8-3-9-15-23/h1-15,18,24H,16-17,19-20H2. The number of hydrogen-bond donors (Lipinski definition) is 0. The number of aliphatic imine (C=N–C) groups is 1. The second kappa shape index (κ2) is 8.96. The van der Waals surface area contributed by atoms with E-state index in [2.05, 4.69) is 41.4 Å². The summed E-state index contributed by atoms with van der Waals surface area (Å²) in [4.78, 5) is 4.58. The molecule has 1 heterocycles. The first-order valence-corrected chi connectivity index (χ1v) is 9.82. The van der Waals surface area contributed by atoms with Crippen LogP contribution < -0.4 is 0 Å². The Kier molecular flexibility index (Phi) is 5.95. The number of nitrogens with zero attached hydrogens (tertiary/aromatic N) is 1. The monoisotopic (exact) mass is 371 g/mol. The minimum absolute atomic E-state index is 0.0636. The second-order valence-electron chi connectivity index (χ2n) is 6.97. The van der Waals surface area contributed by atoms with Crippen LogP contribution in [-0.2, 0) is 21.8 Å². The number of benzene rings is 3. The van der Waals surface area contributed by atoms with E-state index in [9.17, 15) is 0 Å². The fourth-order valence-corrected chi connectivity index (χ4v) is 3.56. The van der Waals surface area contributed by atoms with E-state index in [-0.39, 0.29) is 6.10 Å². The maximum atomic E-state index is 6.58. The van der Waals surface area contributed by atoms with E-state index in [0.717, 1.165) is 24.0 Å². The van der Waals surface area contributed by atoms with Crippen LogP contribution in [0.3, 0.4) is 0 Å². The van der Waals surface area contributed by atoms with E-state index in [1.807, 2.05) is 60.8 Å². The zero-order valence-corrected chi connectivity index (χ0v) is 15.9. The average molecular weight is 371 g/mol. The molecule has 28 heavy (non-hydrogen) atoms. The van der Waals surface area contributed by atoms with Crippen molar-refractivity contribution < 1.29 is 9.47 Å². The summed E-state index contributed by atoms with van der Waals surface area (Å²) in [6.45, 7) is 1.35. The summed E-state index contributed by atoms with van der Waals surface area (Å²) in [7, 11) is 0. The molecule has 1 atom stereocenters. The van der Waals surface area contributed by atoms with Gasteiger partial charge in [0, 0.05) is 23.8 Å². The predicted molar refractivity (Wildman–Crippen MR) is 112 cm³/mol. The van der Waals surface area contributed by atoms with Gasteiger partial charge < -0.3 is 9.47 Å². The summed E-state index contributed by atoms with van der Waals surface area (Å²) in [6, 6.07) is 30.7. The van der Waals surface area contributed by atoms with Gasteiger partial charge in [0.1, 0.15) is 0 Å². The molecule has 0 saturated carbocycles. The van der Waals surface area contributed by atoms with Crippen LogP contribution in [0.15, 0.2) is 96.0 Å². The van der Waals surface area contributed by atoms with Crippen LogP contribution >= 0.6 is 0 Å². The van der Waals surface area contributed by atoms with Crippen molar-refractivity contribution in [1.82, 2.24) is 0 Å². The van der Waals surface area contributed by atoms with E-state index >= 15 is 0 Å². The van der Waals surface area contributed by atoms with Crippen LogP contribution in [0.5, 0.6) is 0 Å². The Morgan fingerprint density at radius 1 is 0.821 bits per heavy atom. The van der Waals surface area contributed by atoms with Crippen molar-refractivity contribution in [2.24, 2.45) is 4.99 Å². The van der Waals surface area contributed by atoms with Crippen LogP contribution in [0.4, 0.5) is 0 Å². The van der Waals surface area contributed by atoms with Crippen LogP contribution in [0.2, 0.25) is 0 Å². The van der Waals surface area contributed by atoms with Gasteiger partial charge in [0.15, 0.2) is 0 Å². The second-order valence-corrected chi connectivity index (χ2v) is 6.97. The van der Waals surface area contributed by atoms with Gasteiger partial charge in [-0.25, -0.2) is 0 Å². The summed E-state index contributed by atoms with van der Waals surface area (Å²) >= 11 is 0. The molecule has 0 aliphatic carbocycles. The number of rotatable bonds is 6. The van der Waals surface area contributed by atoms with Crippen molar-refractivity contribution in [1.29, 1.82) is 0 Å². The first-order chi connectivity index (χ1) is 13.9. The largest absolute Gasteiger partial charge is 0.342 e. The fourth-order valence-electron chi connectivity index (χ4n) is 3.56. The maximum absolute atomic E-state index is 6.58. The van der Waals surface area contributed by atoms with E-state index in [1.165, 1.54) is 5.56 Å². The summed E-state index contributed by atoms with van der Waals surface area (Å²) in [6.07, 6.45) is 3.69. The summed E-state index contributed by atoms with van der Waals surface area (Å²) in [5.74, 6) is -0.862. The Morgan fingerprint density at radius 2 is 1.39 bits per heavy atom. The highest BCUT2D eigenvalue weighted by Crippen LogP contribution is 2.39. The van der Waals surface area contributed by atoms with Crippen LogP contribution in [0.25, 0.3) is 0 Å². The highest BCUT2D eigenvalue weighted by molar-refractivity contribution is 5.58. The van der Waals surface area contributed by atoms with E-state index in [4.69, 9.17) is 9.47 Å². The van der Waals surface area contributed by atoms with Gasteiger partial charge >= 0.3 is 0 Å². The molecular formula is C25H25NO2. The topological polar surface area (TPSA) is 30.8 Å². The third-order valence-corrected chi connectivity index (χ3v) is 5.00. The van der Waals surface area contributed by atoms with E-state index < -0.39 is 5.79 Å². The lowest BCUT2D eigenvalue weighted by Crippen LogP contribution is -2.43. The van der Waals surface area contributed by atoms with Gasteiger partial charge in [-0.15, -0.1) is 0 Å². The van der Waals surface area contributed by atoms with Crippen molar-refractivity contribution in [3.63, 3.8) is 0 Å². The fraction of sp³-hybridized carbons (Fsp3) is 0.240. The molecule has 0 N–H and O–H groups in total. The molecule has 1 aliphatic rings. The summed E-state index contributed by atoms with van der Waals surface area (Å²) in [5.41, 5.74) is 3.26. The molecule has 1 aliphatic heterocycles. The zero-order chi connectivity index (χ0) is 19.1. The maximum Gasteiger partial charge on any atom is 0.222 e. The SMILES string of the molecule is C(CC1CCOC(c2ccccc2)(c2ccccc2)O1)=NCc1ccccc1. The lowest BCUT2D eigenvalue weighted by atomic mass is 9.95. The van der Waals surface area contributed by atoms with Gasteiger partial charge in [0.2, 0.25) is 5.79 Å². The molecule has 3 heteroatoms. The Morgan fingerprint density at radius 3 is 2.00 bits per heavy atom. The van der Waals surface area contributed by atoms with Crippen molar-refractivity contribution in [3.8, 4) is 0 Å². The molecule has 3 aromatic rings. The Hall–Kier alpha value is -2.75. The third kappa shape index (κ3) is 4.22. The highest BCUT2D eigenvalue weighted by Gasteiger charge is 2.41. The van der Waals surface area contributed by atoms with Gasteiger partial charge in [0.25, 0.3) is 0 Å². The molecule has 0 aromatic heterocycles. The normalized spacial score (nSPS) is 18.9. The highest BCUT2D eigenvalue weighted by atomic mass is 16.7. The number of ether oxygens (including phenoxy) is 2. The summed E-state index contributed by atoms with van der Waals surface area (Å²) < 4.78 is 12.9. The zero-order valence-electron chi connectivity index (χ0n) is 15.9. The van der Waals surface area contributed by atoms with Crippen LogP contribution in [-0.4, -0.2) is 18.9 Å². The van der Waals surface area contributed by atoms with Gasteiger partial charge in [-0.1, -0.05) is 91.0 Å². The molecule has 3 aromatic carbocycles. The van der Waals surface area contributed by atoms with E-state index in [1.54, 1.807) is 0 Å². The third-order valence-electron chi connectivity index (χ3n) is 5.00. The minimum Gasteiger partial charge on any atom is -0.342 e. The first-order valence-electron chi connectivity index (χ1n) is 9.82. The number of hydrogen-bond acceptors (Lipinski definition) is 3. The van der Waals surface area contributed by atoms with E-state index in [0.29, 0.717) is 13.2 Å². The lowest BCUT2D eigenvalue weighted by molar-refractivity contribution is -0.276. The Balaban J connectivity index is 1.50. The molecule has 142 valence electrons. The lowest BCUT2D eigenvalue weighted by Gasteiger charge is -2.41. The smallest absolute Gasteiger partial charge is 0.222 e. The molecule has 0 bridgehead atoms. The quantitative estimate of drug-likeness (QED) is 0.547. The van der Waals surface area contributed by atoms with Crippen molar-refractivity contribution in [3.05, 3.63) is 108 Å². The Labute approximate surface area is 166 Å². The first kappa shape index (κ1) is 18.6. The van der Waals surface area contributed by atoms with Crippen molar-refractivity contribution in [2.45, 2.75) is 31.3 Å². The van der Waals surface area contributed by atoms with Crippen molar-refractivity contribution >= 4 is 6.21 Å². The average Bonchev–Trinajstić information content (AvgIpc) is 2.79. The van der Waals surface area contributed by atoms with Crippen LogP contribution in [0, 0.1) is 0 Å². The molecule has 1 unspecified atom stereocenters. The molecule has 4 rings (SSSR count).